The SMILES string of the molecule is O=[N+]([O-])c1cccc(Cn2cc(I)cn2)c1. The molecule has 82 valence electrons. The molecule has 1 aromatic heterocycles. The fourth-order valence-electron chi connectivity index (χ4n) is 1.38. The number of nitrogens with zero attached hydrogens (tertiary/aromatic N) is 3. The Balaban J connectivity index is 2.21. The van der Waals surface area contributed by atoms with Crippen molar-refractivity contribution in [2.75, 3.05) is 0 Å². The summed E-state index contributed by atoms with van der Waals surface area (Å²) in [5, 5.41) is 14.7. The Labute approximate surface area is 105 Å². The number of halogens is 1. The van der Waals surface area contributed by atoms with Crippen LogP contribution in [0, 0.1) is 13.7 Å². The normalized spacial score (nSPS) is 10.3. The van der Waals surface area contributed by atoms with Gasteiger partial charge in [-0.1, -0.05) is 12.1 Å². The lowest BCUT2D eigenvalue weighted by Crippen LogP contribution is -2.00. The van der Waals surface area contributed by atoms with Gasteiger partial charge in [0.05, 0.1) is 21.2 Å². The van der Waals surface area contributed by atoms with Crippen LogP contribution in [-0.4, -0.2) is 14.7 Å². The Morgan fingerprint density at radius 1 is 1.50 bits per heavy atom. The molecular weight excluding hydrogens is 321 g/mol. The van der Waals surface area contributed by atoms with Gasteiger partial charge in [-0.15, -0.1) is 0 Å². The molecule has 2 aromatic rings. The first-order valence-electron chi connectivity index (χ1n) is 4.56. The van der Waals surface area contributed by atoms with Crippen LogP contribution in [0.4, 0.5) is 5.69 Å². The molecule has 1 aromatic carbocycles. The van der Waals surface area contributed by atoms with Crippen LogP contribution in [0.15, 0.2) is 36.7 Å². The summed E-state index contributed by atoms with van der Waals surface area (Å²) in [6.45, 7) is 0.546. The Kier molecular flexibility index (Phi) is 3.18. The lowest BCUT2D eigenvalue weighted by atomic mass is 10.2. The number of rotatable bonds is 3. The van der Waals surface area contributed by atoms with Crippen LogP contribution < -0.4 is 0 Å². The van der Waals surface area contributed by atoms with Crippen LogP contribution in [0.25, 0.3) is 0 Å². The highest BCUT2D eigenvalue weighted by Crippen LogP contribution is 2.14. The molecule has 0 aliphatic rings. The van der Waals surface area contributed by atoms with Crippen molar-refractivity contribution >= 4 is 28.3 Å². The van der Waals surface area contributed by atoms with Crippen molar-refractivity contribution in [3.05, 3.63) is 55.9 Å². The molecular formula is C10H8IN3O2. The summed E-state index contributed by atoms with van der Waals surface area (Å²) < 4.78 is 2.80. The summed E-state index contributed by atoms with van der Waals surface area (Å²) in [6.07, 6.45) is 3.64. The summed E-state index contributed by atoms with van der Waals surface area (Å²) in [6, 6.07) is 6.58. The number of hydrogen-bond donors (Lipinski definition) is 0. The van der Waals surface area contributed by atoms with Gasteiger partial charge in [-0.05, 0) is 28.2 Å². The maximum atomic E-state index is 10.6. The molecule has 1 heterocycles. The van der Waals surface area contributed by atoms with Crippen molar-refractivity contribution < 1.29 is 4.92 Å². The van der Waals surface area contributed by atoms with Crippen molar-refractivity contribution in [2.24, 2.45) is 0 Å². The topological polar surface area (TPSA) is 61.0 Å². The molecule has 5 nitrogen and oxygen atoms in total. The third-order valence-electron chi connectivity index (χ3n) is 2.07. The predicted octanol–water partition coefficient (Wildman–Crippen LogP) is 2.44. The number of non-ortho nitro benzene ring substituents is 1. The van der Waals surface area contributed by atoms with Gasteiger partial charge in [-0.2, -0.15) is 5.10 Å². The number of nitro benzene ring substituents is 1. The summed E-state index contributed by atoms with van der Waals surface area (Å²) in [5.74, 6) is 0. The first-order valence-corrected chi connectivity index (χ1v) is 5.64. The number of nitro groups is 1. The average molecular weight is 329 g/mol. The van der Waals surface area contributed by atoms with E-state index in [1.807, 2.05) is 12.3 Å². The van der Waals surface area contributed by atoms with Crippen molar-refractivity contribution in [1.82, 2.24) is 9.78 Å². The minimum Gasteiger partial charge on any atom is -0.267 e. The molecule has 16 heavy (non-hydrogen) atoms. The highest BCUT2D eigenvalue weighted by molar-refractivity contribution is 14.1. The van der Waals surface area contributed by atoms with Gasteiger partial charge in [0, 0.05) is 18.3 Å². The molecule has 2 rings (SSSR count). The zero-order valence-electron chi connectivity index (χ0n) is 8.21. The predicted molar refractivity (Wildman–Crippen MR) is 67.1 cm³/mol. The van der Waals surface area contributed by atoms with Gasteiger partial charge in [-0.25, -0.2) is 0 Å². The minimum atomic E-state index is -0.393. The molecule has 6 heteroatoms. The van der Waals surface area contributed by atoms with Crippen LogP contribution in [0.5, 0.6) is 0 Å². The standard InChI is InChI=1S/C10H8IN3O2/c11-9-5-12-13(7-9)6-8-2-1-3-10(4-8)14(15)16/h1-5,7H,6H2. The number of benzene rings is 1. The molecule has 0 amide bonds. The van der Waals surface area contributed by atoms with Crippen molar-refractivity contribution in [3.63, 3.8) is 0 Å². The van der Waals surface area contributed by atoms with E-state index in [-0.39, 0.29) is 5.69 Å². The van der Waals surface area contributed by atoms with E-state index in [4.69, 9.17) is 0 Å². The average Bonchev–Trinajstić information content (AvgIpc) is 2.64. The van der Waals surface area contributed by atoms with Gasteiger partial charge in [0.1, 0.15) is 0 Å². The number of aromatic nitrogens is 2. The van der Waals surface area contributed by atoms with E-state index in [0.29, 0.717) is 6.54 Å². The van der Waals surface area contributed by atoms with E-state index >= 15 is 0 Å². The Bertz CT molecular complexity index is 524. The van der Waals surface area contributed by atoms with Gasteiger partial charge in [0.25, 0.3) is 5.69 Å². The molecule has 0 atom stereocenters. The molecule has 0 saturated heterocycles. The molecule has 0 aliphatic heterocycles. The van der Waals surface area contributed by atoms with Crippen molar-refractivity contribution in [2.45, 2.75) is 6.54 Å². The second kappa shape index (κ2) is 4.60. The van der Waals surface area contributed by atoms with E-state index in [1.54, 1.807) is 23.0 Å². The van der Waals surface area contributed by atoms with E-state index in [1.165, 1.54) is 6.07 Å². The van der Waals surface area contributed by atoms with Crippen molar-refractivity contribution in [1.29, 1.82) is 0 Å². The summed E-state index contributed by atoms with van der Waals surface area (Å²) >= 11 is 2.17. The van der Waals surface area contributed by atoms with Gasteiger partial charge < -0.3 is 0 Å². The Morgan fingerprint density at radius 3 is 2.94 bits per heavy atom. The molecule has 0 fully saturated rings. The molecule has 0 bridgehead atoms. The number of hydrogen-bond acceptors (Lipinski definition) is 3. The molecule has 0 radical (unpaired) electrons. The van der Waals surface area contributed by atoms with E-state index in [0.717, 1.165) is 9.13 Å². The Hall–Kier alpha value is -1.44. The van der Waals surface area contributed by atoms with Gasteiger partial charge >= 0.3 is 0 Å². The summed E-state index contributed by atoms with van der Waals surface area (Å²) in [4.78, 5) is 10.2. The van der Waals surface area contributed by atoms with Crippen LogP contribution in [0.1, 0.15) is 5.56 Å². The third-order valence-corrected chi connectivity index (χ3v) is 2.62. The maximum Gasteiger partial charge on any atom is 0.269 e. The largest absolute Gasteiger partial charge is 0.269 e. The highest BCUT2D eigenvalue weighted by atomic mass is 127. The van der Waals surface area contributed by atoms with Crippen molar-refractivity contribution in [3.8, 4) is 0 Å². The second-order valence-electron chi connectivity index (χ2n) is 3.28. The maximum absolute atomic E-state index is 10.6. The van der Waals surface area contributed by atoms with E-state index in [2.05, 4.69) is 27.7 Å². The first-order chi connectivity index (χ1) is 7.65. The van der Waals surface area contributed by atoms with Gasteiger partial charge in [0.15, 0.2) is 0 Å². The molecule has 0 aliphatic carbocycles. The van der Waals surface area contributed by atoms with Crippen LogP contribution in [0.3, 0.4) is 0 Å². The summed E-state index contributed by atoms with van der Waals surface area (Å²) in [5.41, 5.74) is 0.980. The van der Waals surface area contributed by atoms with Gasteiger partial charge in [0.2, 0.25) is 0 Å². The van der Waals surface area contributed by atoms with E-state index in [9.17, 15) is 10.1 Å². The molecule has 0 unspecified atom stereocenters. The fraction of sp³-hybridized carbons (Fsp3) is 0.100. The first kappa shape index (κ1) is 11.1. The van der Waals surface area contributed by atoms with Crippen LogP contribution in [-0.2, 0) is 6.54 Å². The highest BCUT2D eigenvalue weighted by Gasteiger charge is 2.06. The fourth-order valence-corrected chi connectivity index (χ4v) is 1.83. The van der Waals surface area contributed by atoms with Crippen LogP contribution >= 0.6 is 22.6 Å². The zero-order chi connectivity index (χ0) is 11.5. The van der Waals surface area contributed by atoms with E-state index < -0.39 is 4.92 Å². The van der Waals surface area contributed by atoms with Gasteiger partial charge in [-0.3, -0.25) is 14.8 Å². The molecule has 0 saturated carbocycles. The smallest absolute Gasteiger partial charge is 0.267 e. The zero-order valence-corrected chi connectivity index (χ0v) is 10.4. The lowest BCUT2D eigenvalue weighted by molar-refractivity contribution is -0.384. The molecule has 0 spiro atoms. The second-order valence-corrected chi connectivity index (χ2v) is 4.53. The summed E-state index contributed by atoms with van der Waals surface area (Å²) in [7, 11) is 0. The quantitative estimate of drug-likeness (QED) is 0.494. The minimum absolute atomic E-state index is 0.111. The van der Waals surface area contributed by atoms with Crippen LogP contribution in [0.2, 0.25) is 0 Å². The lowest BCUT2D eigenvalue weighted by Gasteiger charge is -2.01. The molecule has 0 N–H and O–H groups in total. The monoisotopic (exact) mass is 329 g/mol. The third kappa shape index (κ3) is 2.57. The Morgan fingerprint density at radius 2 is 2.31 bits per heavy atom.